The Morgan fingerprint density at radius 2 is 1.92 bits per heavy atom. The van der Waals surface area contributed by atoms with Crippen molar-refractivity contribution in [2.24, 2.45) is 0 Å². The van der Waals surface area contributed by atoms with Crippen molar-refractivity contribution in [1.29, 1.82) is 5.26 Å². The first-order chi connectivity index (χ1) is 12.5. The van der Waals surface area contributed by atoms with Gasteiger partial charge in [-0.15, -0.1) is 0 Å². The number of amides is 1. The zero-order chi connectivity index (χ0) is 18.5. The fourth-order valence-electron chi connectivity index (χ4n) is 2.26. The number of anilines is 1. The van der Waals surface area contributed by atoms with E-state index in [0.29, 0.717) is 22.8 Å². The molecule has 0 spiro atoms. The lowest BCUT2D eigenvalue weighted by Gasteiger charge is -2.04. The SMILES string of the molecule is N#C/C(=C/c1ccc(-c2ccc(F)cc2)o1)C(=O)Nc1cccc(Br)c1. The number of furan rings is 1. The van der Waals surface area contributed by atoms with Crippen molar-refractivity contribution >= 4 is 33.6 Å². The summed E-state index contributed by atoms with van der Waals surface area (Å²) in [6, 6.07) is 18.1. The summed E-state index contributed by atoms with van der Waals surface area (Å²) in [4.78, 5) is 12.3. The molecule has 1 amide bonds. The Kier molecular flexibility index (Phi) is 5.30. The van der Waals surface area contributed by atoms with Gasteiger partial charge in [-0.2, -0.15) is 5.26 Å². The van der Waals surface area contributed by atoms with Crippen molar-refractivity contribution in [1.82, 2.24) is 0 Å². The molecule has 1 N–H and O–H groups in total. The minimum atomic E-state index is -0.537. The molecule has 6 heteroatoms. The Hall–Kier alpha value is -3.17. The lowest BCUT2D eigenvalue weighted by molar-refractivity contribution is -0.112. The van der Waals surface area contributed by atoms with Gasteiger partial charge in [0.2, 0.25) is 0 Å². The standard InChI is InChI=1S/C20H12BrFN2O2/c21-15-2-1-3-17(11-15)24-20(25)14(12-23)10-18-8-9-19(26-18)13-4-6-16(22)7-5-13/h1-11H,(H,24,25)/b14-10-. The second-order valence-corrected chi connectivity index (χ2v) is 6.26. The van der Waals surface area contributed by atoms with E-state index < -0.39 is 5.91 Å². The van der Waals surface area contributed by atoms with Crippen LogP contribution in [0.25, 0.3) is 17.4 Å². The van der Waals surface area contributed by atoms with Crippen LogP contribution in [0.3, 0.4) is 0 Å². The van der Waals surface area contributed by atoms with E-state index in [1.165, 1.54) is 18.2 Å². The first kappa shape index (κ1) is 17.6. The molecule has 1 heterocycles. The predicted octanol–water partition coefficient (Wildman–Crippen LogP) is 5.39. The molecule has 4 nitrogen and oxygen atoms in total. The predicted molar refractivity (Wildman–Crippen MR) is 100 cm³/mol. The molecule has 0 saturated heterocycles. The minimum Gasteiger partial charge on any atom is -0.457 e. The summed E-state index contributed by atoms with van der Waals surface area (Å²) in [5.41, 5.74) is 1.17. The second kappa shape index (κ2) is 7.81. The zero-order valence-electron chi connectivity index (χ0n) is 13.4. The molecular weight excluding hydrogens is 399 g/mol. The van der Waals surface area contributed by atoms with E-state index in [2.05, 4.69) is 21.2 Å². The van der Waals surface area contributed by atoms with E-state index in [9.17, 15) is 14.4 Å². The maximum absolute atomic E-state index is 13.0. The smallest absolute Gasteiger partial charge is 0.266 e. The molecule has 0 aliphatic carbocycles. The maximum atomic E-state index is 13.0. The quantitative estimate of drug-likeness (QED) is 0.462. The van der Waals surface area contributed by atoms with Gasteiger partial charge in [0.15, 0.2) is 0 Å². The number of halogens is 2. The number of rotatable bonds is 4. The molecule has 0 saturated carbocycles. The molecule has 0 radical (unpaired) electrons. The number of nitrogens with one attached hydrogen (secondary N) is 1. The first-order valence-corrected chi connectivity index (χ1v) is 8.39. The number of carbonyl (C=O) groups excluding carboxylic acids is 1. The number of hydrogen-bond donors (Lipinski definition) is 1. The average molecular weight is 411 g/mol. The van der Waals surface area contributed by atoms with Crippen LogP contribution in [0, 0.1) is 17.1 Å². The zero-order valence-corrected chi connectivity index (χ0v) is 15.0. The summed E-state index contributed by atoms with van der Waals surface area (Å²) in [5.74, 6) is -0.00653. The van der Waals surface area contributed by atoms with Gasteiger partial charge in [0.25, 0.3) is 5.91 Å². The van der Waals surface area contributed by atoms with Crippen molar-refractivity contribution in [3.8, 4) is 17.4 Å². The molecule has 0 aliphatic heterocycles. The molecule has 0 atom stereocenters. The van der Waals surface area contributed by atoms with E-state index in [1.54, 1.807) is 42.5 Å². The molecule has 26 heavy (non-hydrogen) atoms. The molecule has 0 fully saturated rings. The lowest BCUT2D eigenvalue weighted by Crippen LogP contribution is -2.13. The summed E-state index contributed by atoms with van der Waals surface area (Å²) in [6.07, 6.45) is 1.36. The number of nitrogens with zero attached hydrogens (tertiary/aromatic N) is 1. The topological polar surface area (TPSA) is 66.0 Å². The van der Waals surface area contributed by atoms with Gasteiger partial charge in [-0.1, -0.05) is 22.0 Å². The molecule has 0 aliphatic rings. The normalized spacial score (nSPS) is 11.0. The first-order valence-electron chi connectivity index (χ1n) is 7.59. The Labute approximate surface area is 157 Å². The molecule has 3 rings (SSSR count). The molecule has 128 valence electrons. The monoisotopic (exact) mass is 410 g/mol. The van der Waals surface area contributed by atoms with Crippen molar-refractivity contribution in [2.45, 2.75) is 0 Å². The average Bonchev–Trinajstić information content (AvgIpc) is 3.09. The van der Waals surface area contributed by atoms with Crippen LogP contribution in [0.5, 0.6) is 0 Å². The van der Waals surface area contributed by atoms with Crippen LogP contribution >= 0.6 is 15.9 Å². The van der Waals surface area contributed by atoms with Crippen LogP contribution in [0.15, 0.2) is 75.1 Å². The van der Waals surface area contributed by atoms with Gasteiger partial charge in [-0.25, -0.2) is 4.39 Å². The second-order valence-electron chi connectivity index (χ2n) is 5.34. The van der Waals surface area contributed by atoms with Crippen LogP contribution in [-0.4, -0.2) is 5.91 Å². The number of carbonyl (C=O) groups is 1. The van der Waals surface area contributed by atoms with Crippen LogP contribution < -0.4 is 5.32 Å². The van der Waals surface area contributed by atoms with Crippen molar-refractivity contribution in [3.05, 3.63) is 82.3 Å². The van der Waals surface area contributed by atoms with Gasteiger partial charge in [0.1, 0.15) is 29.0 Å². The summed E-state index contributed by atoms with van der Waals surface area (Å²) in [6.45, 7) is 0. The van der Waals surface area contributed by atoms with E-state index in [-0.39, 0.29) is 11.4 Å². The van der Waals surface area contributed by atoms with Gasteiger partial charge in [-0.05, 0) is 54.6 Å². The Balaban J connectivity index is 1.80. The van der Waals surface area contributed by atoms with Crippen LogP contribution in [0.2, 0.25) is 0 Å². The van der Waals surface area contributed by atoms with Gasteiger partial charge in [0.05, 0.1) is 0 Å². The highest BCUT2D eigenvalue weighted by atomic mass is 79.9. The van der Waals surface area contributed by atoms with Gasteiger partial charge >= 0.3 is 0 Å². The van der Waals surface area contributed by atoms with E-state index >= 15 is 0 Å². The molecule has 0 unspecified atom stereocenters. The summed E-state index contributed by atoms with van der Waals surface area (Å²) < 4.78 is 19.4. The highest BCUT2D eigenvalue weighted by molar-refractivity contribution is 9.10. The maximum Gasteiger partial charge on any atom is 0.266 e. The highest BCUT2D eigenvalue weighted by Crippen LogP contribution is 2.24. The van der Waals surface area contributed by atoms with E-state index in [0.717, 1.165) is 4.47 Å². The minimum absolute atomic E-state index is 0.0926. The fourth-order valence-corrected chi connectivity index (χ4v) is 2.65. The third-order valence-electron chi connectivity index (χ3n) is 3.49. The third-order valence-corrected chi connectivity index (χ3v) is 3.98. The van der Waals surface area contributed by atoms with E-state index in [1.807, 2.05) is 12.1 Å². The summed E-state index contributed by atoms with van der Waals surface area (Å²) in [5, 5.41) is 11.9. The van der Waals surface area contributed by atoms with Gasteiger partial charge < -0.3 is 9.73 Å². The third kappa shape index (κ3) is 4.26. The number of benzene rings is 2. The highest BCUT2D eigenvalue weighted by Gasteiger charge is 2.12. The van der Waals surface area contributed by atoms with Crippen molar-refractivity contribution < 1.29 is 13.6 Å². The molecule has 1 aromatic heterocycles. The largest absolute Gasteiger partial charge is 0.457 e. The number of nitriles is 1. The van der Waals surface area contributed by atoms with E-state index in [4.69, 9.17) is 4.42 Å². The molecule has 2 aromatic carbocycles. The summed E-state index contributed by atoms with van der Waals surface area (Å²) >= 11 is 3.32. The molecular formula is C20H12BrFN2O2. The fraction of sp³-hybridized carbons (Fsp3) is 0. The Morgan fingerprint density at radius 3 is 2.62 bits per heavy atom. The number of hydrogen-bond acceptors (Lipinski definition) is 3. The Morgan fingerprint density at radius 1 is 1.15 bits per heavy atom. The Bertz CT molecular complexity index is 1020. The van der Waals surface area contributed by atoms with Crippen molar-refractivity contribution in [3.63, 3.8) is 0 Å². The van der Waals surface area contributed by atoms with Gasteiger partial charge in [0, 0.05) is 21.8 Å². The van der Waals surface area contributed by atoms with Crippen molar-refractivity contribution in [2.75, 3.05) is 5.32 Å². The lowest BCUT2D eigenvalue weighted by atomic mass is 10.2. The van der Waals surface area contributed by atoms with Crippen LogP contribution in [0.1, 0.15) is 5.76 Å². The van der Waals surface area contributed by atoms with Crippen LogP contribution in [-0.2, 0) is 4.79 Å². The molecule has 0 bridgehead atoms. The van der Waals surface area contributed by atoms with Crippen LogP contribution in [0.4, 0.5) is 10.1 Å². The van der Waals surface area contributed by atoms with Gasteiger partial charge in [-0.3, -0.25) is 4.79 Å². The molecule has 3 aromatic rings. The summed E-state index contributed by atoms with van der Waals surface area (Å²) in [7, 11) is 0.